The Morgan fingerprint density at radius 1 is 0.594 bits per heavy atom. The minimum Gasteiger partial charge on any atom is -0.246 e. The number of para-hydroxylation sites is 3. The lowest BCUT2D eigenvalue weighted by Crippen LogP contribution is -2.53. The van der Waals surface area contributed by atoms with Gasteiger partial charge in [-0.15, -0.1) is 0 Å². The number of aryl methyl sites for hydroxylation is 1. The minimum absolute atomic E-state index is 0.114. The normalized spacial score (nSPS) is 11.5. The summed E-state index contributed by atoms with van der Waals surface area (Å²) in [5.41, 5.74) is -4.42. The summed E-state index contributed by atoms with van der Waals surface area (Å²) in [5.74, 6) is 0. The van der Waals surface area contributed by atoms with Crippen molar-refractivity contribution in [1.29, 1.82) is 0 Å². The molecule has 0 fully saturated rings. The Kier molecular flexibility index (Phi) is 5.17. The average Bonchev–Trinajstić information content (AvgIpc) is 2.75. The Morgan fingerprint density at radius 3 is 1.66 bits per heavy atom. The van der Waals surface area contributed by atoms with E-state index < -0.39 is 34.5 Å². The Hall–Kier alpha value is -4.14. The molecule has 6 nitrogen and oxygen atoms in total. The van der Waals surface area contributed by atoms with Gasteiger partial charge in [0.15, 0.2) is 0 Å². The third-order valence-corrected chi connectivity index (χ3v) is 4.97. The molecule has 1 aromatic heterocycles. The summed E-state index contributed by atoms with van der Waals surface area (Å²) in [6, 6.07) is 18.3. The van der Waals surface area contributed by atoms with Crippen LogP contribution in [0.25, 0.3) is 17.1 Å². The summed E-state index contributed by atoms with van der Waals surface area (Å²) in [6.07, 6.45) is -4.83. The van der Waals surface area contributed by atoms with Crippen LogP contribution in [0.2, 0.25) is 0 Å². The second-order valence-electron chi connectivity index (χ2n) is 6.99. The molecule has 0 bridgehead atoms. The standard InChI is InChI=1S/C23H16F3N3O3/c1-15-9-5-7-13-18(15)28-20(30)27(16-10-3-2-4-11-16)21(31)29(22(28)32)19-14-8-6-12-17(19)23(24,25)26/h2-14H,1H3. The van der Waals surface area contributed by atoms with Gasteiger partial charge in [0.1, 0.15) is 0 Å². The highest BCUT2D eigenvalue weighted by Crippen LogP contribution is 2.32. The van der Waals surface area contributed by atoms with E-state index in [1.54, 1.807) is 43.3 Å². The van der Waals surface area contributed by atoms with Crippen molar-refractivity contribution in [3.8, 4) is 17.1 Å². The first-order valence-corrected chi connectivity index (χ1v) is 9.51. The topological polar surface area (TPSA) is 66.0 Å². The van der Waals surface area contributed by atoms with Crippen molar-refractivity contribution in [2.45, 2.75) is 13.1 Å². The van der Waals surface area contributed by atoms with Crippen molar-refractivity contribution in [3.63, 3.8) is 0 Å². The van der Waals surface area contributed by atoms with E-state index in [2.05, 4.69) is 0 Å². The van der Waals surface area contributed by atoms with E-state index in [1.165, 1.54) is 24.3 Å². The smallest absolute Gasteiger partial charge is 0.246 e. The molecule has 0 saturated carbocycles. The molecule has 0 aliphatic heterocycles. The van der Waals surface area contributed by atoms with Gasteiger partial charge in [-0.1, -0.05) is 48.5 Å². The van der Waals surface area contributed by atoms with Gasteiger partial charge >= 0.3 is 23.2 Å². The molecule has 0 aliphatic carbocycles. The second-order valence-corrected chi connectivity index (χ2v) is 6.99. The highest BCUT2D eigenvalue weighted by molar-refractivity contribution is 5.45. The maximum atomic E-state index is 13.7. The van der Waals surface area contributed by atoms with E-state index in [4.69, 9.17) is 0 Å². The van der Waals surface area contributed by atoms with Gasteiger partial charge in [0.25, 0.3) is 0 Å². The van der Waals surface area contributed by atoms with Gasteiger partial charge in [-0.25, -0.2) is 28.1 Å². The molecule has 0 radical (unpaired) electrons. The number of benzene rings is 3. The lowest BCUT2D eigenvalue weighted by Gasteiger charge is -2.18. The lowest BCUT2D eigenvalue weighted by molar-refractivity contribution is -0.137. The number of aromatic nitrogens is 3. The van der Waals surface area contributed by atoms with Crippen molar-refractivity contribution in [2.24, 2.45) is 0 Å². The summed E-state index contributed by atoms with van der Waals surface area (Å²) in [7, 11) is 0. The van der Waals surface area contributed by atoms with E-state index in [0.29, 0.717) is 19.3 Å². The molecular formula is C23H16F3N3O3. The van der Waals surface area contributed by atoms with Gasteiger partial charge in [-0.2, -0.15) is 13.2 Å². The maximum absolute atomic E-state index is 13.7. The number of hydrogen-bond acceptors (Lipinski definition) is 3. The van der Waals surface area contributed by atoms with Crippen LogP contribution >= 0.6 is 0 Å². The van der Waals surface area contributed by atoms with Crippen LogP contribution in [0.3, 0.4) is 0 Å². The van der Waals surface area contributed by atoms with Crippen molar-refractivity contribution in [3.05, 3.63) is 121 Å². The predicted octanol–water partition coefficient (Wildman–Crippen LogP) is 3.47. The molecule has 4 aromatic rings. The molecule has 0 saturated heterocycles. The Bertz CT molecular complexity index is 1480. The second kappa shape index (κ2) is 7.84. The molecule has 0 unspecified atom stereocenters. The summed E-state index contributed by atoms with van der Waals surface area (Å²) in [5, 5.41) is 0. The largest absolute Gasteiger partial charge is 0.418 e. The number of rotatable bonds is 3. The summed E-state index contributed by atoms with van der Waals surface area (Å²) in [4.78, 5) is 40.0. The van der Waals surface area contributed by atoms with Gasteiger partial charge in [0.2, 0.25) is 0 Å². The molecular weight excluding hydrogens is 423 g/mol. The third-order valence-electron chi connectivity index (χ3n) is 4.97. The van der Waals surface area contributed by atoms with Crippen LogP contribution in [0.15, 0.2) is 93.2 Å². The van der Waals surface area contributed by atoms with Crippen LogP contribution in [0.5, 0.6) is 0 Å². The molecule has 162 valence electrons. The van der Waals surface area contributed by atoms with Crippen LogP contribution in [0.1, 0.15) is 11.1 Å². The fraction of sp³-hybridized carbons (Fsp3) is 0.0870. The van der Waals surface area contributed by atoms with Crippen LogP contribution in [-0.2, 0) is 6.18 Å². The number of nitrogens with zero attached hydrogens (tertiary/aromatic N) is 3. The van der Waals surface area contributed by atoms with Crippen LogP contribution in [-0.4, -0.2) is 13.7 Å². The predicted molar refractivity (Wildman–Crippen MR) is 113 cm³/mol. The zero-order valence-electron chi connectivity index (χ0n) is 16.7. The summed E-state index contributed by atoms with van der Waals surface area (Å²) >= 11 is 0. The Balaban J connectivity index is 2.23. The maximum Gasteiger partial charge on any atom is 0.418 e. The Labute approximate surface area is 179 Å². The number of halogens is 3. The summed E-state index contributed by atoms with van der Waals surface area (Å²) in [6.45, 7) is 1.65. The van der Waals surface area contributed by atoms with E-state index in [1.807, 2.05) is 0 Å². The number of hydrogen-bond donors (Lipinski definition) is 0. The van der Waals surface area contributed by atoms with E-state index in [0.717, 1.165) is 18.2 Å². The van der Waals surface area contributed by atoms with Gasteiger partial charge in [-0.05, 0) is 42.8 Å². The van der Waals surface area contributed by atoms with E-state index in [-0.39, 0.29) is 11.4 Å². The zero-order valence-corrected chi connectivity index (χ0v) is 16.7. The van der Waals surface area contributed by atoms with E-state index >= 15 is 0 Å². The third kappa shape index (κ3) is 3.47. The molecule has 0 amide bonds. The zero-order chi connectivity index (χ0) is 23.0. The van der Waals surface area contributed by atoms with Crippen molar-refractivity contribution >= 4 is 0 Å². The fourth-order valence-electron chi connectivity index (χ4n) is 3.48. The lowest BCUT2D eigenvalue weighted by atomic mass is 10.1. The van der Waals surface area contributed by atoms with Gasteiger partial charge in [-0.3, -0.25) is 0 Å². The molecule has 32 heavy (non-hydrogen) atoms. The molecule has 0 N–H and O–H groups in total. The highest BCUT2D eigenvalue weighted by atomic mass is 19.4. The monoisotopic (exact) mass is 439 g/mol. The van der Waals surface area contributed by atoms with Crippen molar-refractivity contribution < 1.29 is 13.2 Å². The quantitative estimate of drug-likeness (QED) is 0.491. The average molecular weight is 439 g/mol. The molecule has 0 atom stereocenters. The molecule has 9 heteroatoms. The van der Waals surface area contributed by atoms with Gasteiger partial charge in [0, 0.05) is 0 Å². The van der Waals surface area contributed by atoms with Crippen LogP contribution in [0.4, 0.5) is 13.2 Å². The van der Waals surface area contributed by atoms with Crippen LogP contribution in [0, 0.1) is 6.92 Å². The van der Waals surface area contributed by atoms with Gasteiger partial charge in [0.05, 0.1) is 22.6 Å². The molecule has 0 spiro atoms. The van der Waals surface area contributed by atoms with Crippen molar-refractivity contribution in [2.75, 3.05) is 0 Å². The SMILES string of the molecule is Cc1ccccc1-n1c(=O)n(-c2ccccc2)c(=O)n(-c2ccccc2C(F)(F)F)c1=O. The van der Waals surface area contributed by atoms with Crippen molar-refractivity contribution in [1.82, 2.24) is 13.7 Å². The highest BCUT2D eigenvalue weighted by Gasteiger charge is 2.35. The van der Waals surface area contributed by atoms with Crippen LogP contribution < -0.4 is 17.1 Å². The Morgan fingerprint density at radius 2 is 1.06 bits per heavy atom. The van der Waals surface area contributed by atoms with Gasteiger partial charge < -0.3 is 0 Å². The first kappa shape index (κ1) is 21.1. The molecule has 4 rings (SSSR count). The molecule has 0 aliphatic rings. The fourth-order valence-corrected chi connectivity index (χ4v) is 3.48. The minimum atomic E-state index is -4.83. The van der Waals surface area contributed by atoms with E-state index in [9.17, 15) is 27.6 Å². The first-order valence-electron chi connectivity index (χ1n) is 9.51. The molecule has 1 heterocycles. The summed E-state index contributed by atoms with van der Waals surface area (Å²) < 4.78 is 42.9. The molecule has 3 aromatic carbocycles. The first-order chi connectivity index (χ1) is 15.2. The number of alkyl halides is 3.